The zero-order chi connectivity index (χ0) is 14.9. The van der Waals surface area contributed by atoms with Gasteiger partial charge in [0.25, 0.3) is 5.56 Å². The normalized spacial score (nSPS) is 10.9. The summed E-state index contributed by atoms with van der Waals surface area (Å²) in [5.74, 6) is 0. The van der Waals surface area contributed by atoms with E-state index in [-0.39, 0.29) is 5.56 Å². The lowest BCUT2D eigenvalue weighted by molar-refractivity contribution is 0.995. The fourth-order valence-electron chi connectivity index (χ4n) is 2.46. The number of H-pyrrole nitrogens is 1. The molecule has 0 bridgehead atoms. The maximum atomic E-state index is 11.1. The minimum Gasteiger partial charge on any atom is -0.299 e. The Morgan fingerprint density at radius 3 is 2.50 bits per heavy atom. The molecule has 5 nitrogen and oxygen atoms in total. The lowest BCUT2D eigenvalue weighted by Gasteiger charge is -2.06. The number of rotatable bonds is 2. The van der Waals surface area contributed by atoms with E-state index in [2.05, 4.69) is 15.2 Å². The highest BCUT2D eigenvalue weighted by molar-refractivity contribution is 5.77. The number of imidazole rings is 1. The molecule has 0 atom stereocenters. The molecule has 5 heteroatoms. The van der Waals surface area contributed by atoms with Gasteiger partial charge in [0.05, 0.1) is 16.7 Å². The monoisotopic (exact) mass is 288 g/mol. The number of hydrogen-bond donors (Lipinski definition) is 1. The number of aromatic amines is 1. The van der Waals surface area contributed by atoms with Gasteiger partial charge in [0.15, 0.2) is 0 Å². The third-order valence-corrected chi connectivity index (χ3v) is 3.57. The van der Waals surface area contributed by atoms with Crippen molar-refractivity contribution in [3.05, 3.63) is 77.3 Å². The van der Waals surface area contributed by atoms with Gasteiger partial charge in [-0.1, -0.05) is 24.3 Å². The first kappa shape index (κ1) is 12.5. The molecule has 1 N–H and O–H groups in total. The van der Waals surface area contributed by atoms with Crippen LogP contribution in [0.3, 0.4) is 0 Å². The Morgan fingerprint density at radius 1 is 0.909 bits per heavy atom. The molecule has 0 aliphatic heterocycles. The highest BCUT2D eigenvalue weighted by Gasteiger charge is 2.05. The second-order valence-electron chi connectivity index (χ2n) is 4.96. The van der Waals surface area contributed by atoms with Gasteiger partial charge in [0.2, 0.25) is 0 Å². The van der Waals surface area contributed by atoms with Gasteiger partial charge in [0.1, 0.15) is 6.33 Å². The Hall–Kier alpha value is -3.21. The number of aromatic nitrogens is 4. The summed E-state index contributed by atoms with van der Waals surface area (Å²) in [6.07, 6.45) is 1.82. The van der Waals surface area contributed by atoms with E-state index in [4.69, 9.17) is 0 Å². The summed E-state index contributed by atoms with van der Waals surface area (Å²) in [6.45, 7) is 0. The minimum atomic E-state index is -0.203. The third kappa shape index (κ3) is 2.09. The van der Waals surface area contributed by atoms with Crippen molar-refractivity contribution in [2.45, 2.75) is 0 Å². The van der Waals surface area contributed by atoms with E-state index in [0.717, 1.165) is 28.0 Å². The molecule has 0 unspecified atom stereocenters. The van der Waals surface area contributed by atoms with Crippen molar-refractivity contribution < 1.29 is 0 Å². The molecule has 0 amide bonds. The SMILES string of the molecule is O=c1ccc(-c2ccc(-n3cnc4ccccc43)cc2)n[nH]1. The molecule has 0 radical (unpaired) electrons. The lowest BCUT2D eigenvalue weighted by Crippen LogP contribution is -2.05. The molecule has 4 rings (SSSR count). The van der Waals surface area contributed by atoms with Gasteiger partial charge in [-0.25, -0.2) is 10.1 Å². The topological polar surface area (TPSA) is 63.6 Å². The average molecular weight is 288 g/mol. The van der Waals surface area contributed by atoms with Crippen molar-refractivity contribution in [1.29, 1.82) is 0 Å². The Balaban J connectivity index is 1.75. The summed E-state index contributed by atoms with van der Waals surface area (Å²) in [6, 6.07) is 19.2. The fourth-order valence-corrected chi connectivity index (χ4v) is 2.46. The molecule has 0 saturated heterocycles. The highest BCUT2D eigenvalue weighted by Crippen LogP contribution is 2.21. The van der Waals surface area contributed by atoms with Crippen LogP contribution in [0, 0.1) is 0 Å². The predicted octanol–water partition coefficient (Wildman–Crippen LogP) is 2.78. The number of fused-ring (bicyclic) bond motifs is 1. The van der Waals surface area contributed by atoms with E-state index in [9.17, 15) is 4.79 Å². The molecule has 2 heterocycles. The van der Waals surface area contributed by atoms with Crippen LogP contribution in [-0.4, -0.2) is 19.7 Å². The van der Waals surface area contributed by atoms with Crippen LogP contribution in [-0.2, 0) is 0 Å². The molecule has 106 valence electrons. The third-order valence-electron chi connectivity index (χ3n) is 3.57. The summed E-state index contributed by atoms with van der Waals surface area (Å²) in [7, 11) is 0. The van der Waals surface area contributed by atoms with Crippen LogP contribution in [0.1, 0.15) is 0 Å². The number of nitrogens with zero attached hydrogens (tertiary/aromatic N) is 3. The largest absolute Gasteiger partial charge is 0.299 e. The lowest BCUT2D eigenvalue weighted by atomic mass is 10.1. The van der Waals surface area contributed by atoms with Crippen molar-refractivity contribution in [1.82, 2.24) is 19.7 Å². The van der Waals surface area contributed by atoms with Gasteiger partial charge in [-0.2, -0.15) is 5.10 Å². The van der Waals surface area contributed by atoms with Gasteiger partial charge >= 0.3 is 0 Å². The first-order valence-corrected chi connectivity index (χ1v) is 6.90. The fraction of sp³-hybridized carbons (Fsp3) is 0. The van der Waals surface area contributed by atoms with Crippen molar-refractivity contribution in [2.75, 3.05) is 0 Å². The first-order valence-electron chi connectivity index (χ1n) is 6.90. The molecule has 0 aliphatic rings. The Bertz CT molecular complexity index is 979. The van der Waals surface area contributed by atoms with Crippen LogP contribution in [0.2, 0.25) is 0 Å². The Kier molecular flexibility index (Phi) is 2.83. The predicted molar refractivity (Wildman–Crippen MR) is 84.9 cm³/mol. The minimum absolute atomic E-state index is 0.203. The van der Waals surface area contributed by atoms with Gasteiger partial charge in [-0.15, -0.1) is 0 Å². The van der Waals surface area contributed by atoms with E-state index in [0.29, 0.717) is 0 Å². The van der Waals surface area contributed by atoms with Crippen LogP contribution in [0.15, 0.2) is 71.8 Å². The van der Waals surface area contributed by atoms with E-state index >= 15 is 0 Å². The molecule has 0 aliphatic carbocycles. The summed E-state index contributed by atoms with van der Waals surface area (Å²) < 4.78 is 2.04. The molecule has 4 aromatic rings. The number of para-hydroxylation sites is 2. The van der Waals surface area contributed by atoms with Crippen LogP contribution in [0.5, 0.6) is 0 Å². The molecule has 2 aromatic carbocycles. The maximum absolute atomic E-state index is 11.1. The van der Waals surface area contributed by atoms with Crippen LogP contribution in [0.4, 0.5) is 0 Å². The van der Waals surface area contributed by atoms with Crippen molar-refractivity contribution in [2.24, 2.45) is 0 Å². The molecule has 0 fully saturated rings. The molecule has 0 saturated carbocycles. The van der Waals surface area contributed by atoms with Gasteiger partial charge in [-0.05, 0) is 30.3 Å². The smallest absolute Gasteiger partial charge is 0.264 e. The zero-order valence-corrected chi connectivity index (χ0v) is 11.6. The van der Waals surface area contributed by atoms with Crippen molar-refractivity contribution in [3.8, 4) is 16.9 Å². The molecule has 22 heavy (non-hydrogen) atoms. The summed E-state index contributed by atoms with van der Waals surface area (Å²) >= 11 is 0. The second kappa shape index (κ2) is 4.96. The quantitative estimate of drug-likeness (QED) is 0.617. The Morgan fingerprint density at radius 2 is 1.73 bits per heavy atom. The van der Waals surface area contributed by atoms with Gasteiger partial charge in [-0.3, -0.25) is 9.36 Å². The van der Waals surface area contributed by atoms with Crippen LogP contribution >= 0.6 is 0 Å². The van der Waals surface area contributed by atoms with E-state index < -0.39 is 0 Å². The molecule has 2 aromatic heterocycles. The van der Waals surface area contributed by atoms with Gasteiger partial charge in [0, 0.05) is 17.3 Å². The van der Waals surface area contributed by atoms with E-state index in [1.807, 2.05) is 59.4 Å². The van der Waals surface area contributed by atoms with Crippen LogP contribution in [0.25, 0.3) is 28.0 Å². The standard InChI is InChI=1S/C17H12N4O/c22-17-10-9-14(19-20-17)12-5-7-13(8-6-12)21-11-18-15-3-1-2-4-16(15)21/h1-11H,(H,20,22). The molecular weight excluding hydrogens is 276 g/mol. The summed E-state index contributed by atoms with van der Waals surface area (Å²) in [5.41, 5.74) is 4.55. The Labute approximate surface area is 125 Å². The van der Waals surface area contributed by atoms with Crippen molar-refractivity contribution >= 4 is 11.0 Å². The highest BCUT2D eigenvalue weighted by atomic mass is 16.1. The van der Waals surface area contributed by atoms with E-state index in [1.54, 1.807) is 6.07 Å². The van der Waals surface area contributed by atoms with E-state index in [1.165, 1.54) is 6.07 Å². The maximum Gasteiger partial charge on any atom is 0.264 e. The second-order valence-corrected chi connectivity index (χ2v) is 4.96. The van der Waals surface area contributed by atoms with Crippen LogP contribution < -0.4 is 5.56 Å². The first-order chi connectivity index (χ1) is 10.8. The van der Waals surface area contributed by atoms with Crippen molar-refractivity contribution in [3.63, 3.8) is 0 Å². The molecular formula is C17H12N4O. The number of hydrogen-bond acceptors (Lipinski definition) is 3. The van der Waals surface area contributed by atoms with Gasteiger partial charge < -0.3 is 0 Å². The summed E-state index contributed by atoms with van der Waals surface area (Å²) in [4.78, 5) is 15.5. The number of benzene rings is 2. The number of nitrogens with one attached hydrogen (secondary N) is 1. The summed E-state index contributed by atoms with van der Waals surface area (Å²) in [5, 5.41) is 6.48. The zero-order valence-electron chi connectivity index (χ0n) is 11.6. The molecule has 0 spiro atoms. The average Bonchev–Trinajstić information content (AvgIpc) is 3.00.